The number of nitrogens with zero attached hydrogens (tertiary/aromatic N) is 3. The standard InChI is InChI=1S/C23H19ClF3N5/c24-18-7-3-15(4-8-18)21-19(9-10-30-22(21)29)16-12-31-32(13-16)20(11-28)14-1-5-17(6-2-14)23(25,26)27/h1-10,12-13,20H,11,28H2,(H2,29,30)/t20-/m1/s1. The van der Waals surface area contributed by atoms with Gasteiger partial charge in [0.15, 0.2) is 0 Å². The van der Waals surface area contributed by atoms with E-state index in [2.05, 4.69) is 10.1 Å². The van der Waals surface area contributed by atoms with Crippen molar-refractivity contribution in [2.45, 2.75) is 12.2 Å². The minimum Gasteiger partial charge on any atom is -0.383 e. The molecule has 164 valence electrons. The lowest BCUT2D eigenvalue weighted by atomic mass is 9.97. The molecule has 1 atom stereocenters. The Hall–Kier alpha value is -3.36. The van der Waals surface area contributed by atoms with Crippen molar-refractivity contribution in [3.63, 3.8) is 0 Å². The van der Waals surface area contributed by atoms with Gasteiger partial charge in [-0.3, -0.25) is 4.68 Å². The normalized spacial score (nSPS) is 12.7. The fourth-order valence-corrected chi connectivity index (χ4v) is 3.70. The fourth-order valence-electron chi connectivity index (χ4n) is 3.58. The molecule has 0 aliphatic heterocycles. The van der Waals surface area contributed by atoms with E-state index < -0.39 is 17.8 Å². The van der Waals surface area contributed by atoms with Crippen LogP contribution in [0, 0.1) is 0 Å². The first-order chi connectivity index (χ1) is 15.3. The number of alkyl halides is 3. The lowest BCUT2D eigenvalue weighted by molar-refractivity contribution is -0.137. The van der Waals surface area contributed by atoms with Crippen LogP contribution < -0.4 is 11.5 Å². The average Bonchev–Trinajstić information content (AvgIpc) is 3.24. The Labute approximate surface area is 187 Å². The predicted molar refractivity (Wildman–Crippen MR) is 119 cm³/mol. The van der Waals surface area contributed by atoms with Gasteiger partial charge in [0, 0.05) is 35.1 Å². The van der Waals surface area contributed by atoms with Crippen molar-refractivity contribution in [3.05, 3.63) is 89.3 Å². The molecule has 9 heteroatoms. The van der Waals surface area contributed by atoms with Crippen molar-refractivity contribution >= 4 is 17.4 Å². The van der Waals surface area contributed by atoms with E-state index in [9.17, 15) is 13.2 Å². The zero-order valence-electron chi connectivity index (χ0n) is 16.7. The number of pyridine rings is 1. The molecule has 0 aliphatic carbocycles. The summed E-state index contributed by atoms with van der Waals surface area (Å²) in [7, 11) is 0. The molecule has 0 fully saturated rings. The number of nitrogen functional groups attached to an aromatic ring is 1. The molecular weight excluding hydrogens is 439 g/mol. The van der Waals surface area contributed by atoms with Gasteiger partial charge < -0.3 is 11.5 Å². The molecule has 2 aromatic heterocycles. The van der Waals surface area contributed by atoms with Crippen LogP contribution in [0.3, 0.4) is 0 Å². The lowest BCUT2D eigenvalue weighted by Gasteiger charge is -2.17. The van der Waals surface area contributed by atoms with Crippen molar-refractivity contribution < 1.29 is 13.2 Å². The molecule has 2 aromatic carbocycles. The van der Waals surface area contributed by atoms with E-state index in [0.29, 0.717) is 16.4 Å². The maximum atomic E-state index is 12.9. The number of hydrogen-bond acceptors (Lipinski definition) is 4. The third-order valence-electron chi connectivity index (χ3n) is 5.19. The Morgan fingerprint density at radius 1 is 0.969 bits per heavy atom. The molecule has 5 nitrogen and oxygen atoms in total. The Kier molecular flexibility index (Phi) is 5.90. The first-order valence-corrected chi connectivity index (χ1v) is 10.1. The zero-order chi connectivity index (χ0) is 22.9. The minimum atomic E-state index is -4.39. The second-order valence-corrected chi connectivity index (χ2v) is 7.64. The van der Waals surface area contributed by atoms with Gasteiger partial charge in [0.25, 0.3) is 0 Å². The van der Waals surface area contributed by atoms with E-state index in [1.54, 1.807) is 35.4 Å². The summed E-state index contributed by atoms with van der Waals surface area (Å²) in [5.41, 5.74) is 15.2. The first kappa shape index (κ1) is 21.9. The maximum Gasteiger partial charge on any atom is 0.416 e. The number of benzene rings is 2. The van der Waals surface area contributed by atoms with E-state index in [4.69, 9.17) is 23.1 Å². The SMILES string of the molecule is NC[C@H](c1ccc(C(F)(F)F)cc1)n1cc(-c2ccnc(N)c2-c2ccc(Cl)cc2)cn1. The third-order valence-corrected chi connectivity index (χ3v) is 5.44. The summed E-state index contributed by atoms with van der Waals surface area (Å²) in [6, 6.07) is 13.6. The van der Waals surface area contributed by atoms with E-state index >= 15 is 0 Å². The van der Waals surface area contributed by atoms with Crippen LogP contribution in [0.15, 0.2) is 73.2 Å². The van der Waals surface area contributed by atoms with Gasteiger partial charge in [-0.25, -0.2) is 4.98 Å². The summed E-state index contributed by atoms with van der Waals surface area (Å²) in [5, 5.41) is 5.03. The molecule has 2 heterocycles. The molecule has 0 unspecified atom stereocenters. The predicted octanol–water partition coefficient (Wildman–Crippen LogP) is 5.41. The van der Waals surface area contributed by atoms with Crippen LogP contribution in [0.25, 0.3) is 22.3 Å². The molecule has 4 N–H and O–H groups in total. The Morgan fingerprint density at radius 3 is 2.28 bits per heavy atom. The van der Waals surface area contributed by atoms with Gasteiger partial charge >= 0.3 is 6.18 Å². The Morgan fingerprint density at radius 2 is 1.66 bits per heavy atom. The minimum absolute atomic E-state index is 0.162. The van der Waals surface area contributed by atoms with E-state index in [0.717, 1.165) is 34.4 Å². The largest absolute Gasteiger partial charge is 0.416 e. The smallest absolute Gasteiger partial charge is 0.383 e. The molecule has 4 rings (SSSR count). The average molecular weight is 458 g/mol. The topological polar surface area (TPSA) is 82.8 Å². The number of hydrogen-bond donors (Lipinski definition) is 2. The summed E-state index contributed by atoms with van der Waals surface area (Å²) >= 11 is 6.01. The molecule has 4 aromatic rings. The summed E-state index contributed by atoms with van der Waals surface area (Å²) in [6.07, 6.45) is 0.678. The Balaban J connectivity index is 1.71. The molecule has 32 heavy (non-hydrogen) atoms. The molecule has 0 saturated heterocycles. The Bertz CT molecular complexity index is 1220. The zero-order valence-corrected chi connectivity index (χ0v) is 17.5. The second kappa shape index (κ2) is 8.64. The molecule has 0 aliphatic rings. The van der Waals surface area contributed by atoms with Crippen LogP contribution in [0.4, 0.5) is 19.0 Å². The number of halogens is 4. The van der Waals surface area contributed by atoms with Crippen LogP contribution in [-0.2, 0) is 6.18 Å². The van der Waals surface area contributed by atoms with Gasteiger partial charge in [0.05, 0.1) is 17.8 Å². The van der Waals surface area contributed by atoms with Crippen molar-refractivity contribution in [1.82, 2.24) is 14.8 Å². The third kappa shape index (κ3) is 4.32. The lowest BCUT2D eigenvalue weighted by Crippen LogP contribution is -2.21. The van der Waals surface area contributed by atoms with Crippen molar-refractivity contribution in [3.8, 4) is 22.3 Å². The van der Waals surface area contributed by atoms with Crippen LogP contribution in [0.2, 0.25) is 5.02 Å². The van der Waals surface area contributed by atoms with E-state index in [1.165, 1.54) is 12.1 Å². The molecule has 0 radical (unpaired) electrons. The van der Waals surface area contributed by atoms with Crippen LogP contribution >= 0.6 is 11.6 Å². The van der Waals surface area contributed by atoms with Gasteiger partial charge in [0.1, 0.15) is 5.82 Å². The molecule has 0 bridgehead atoms. The number of anilines is 1. The monoisotopic (exact) mass is 457 g/mol. The van der Waals surface area contributed by atoms with Gasteiger partial charge in [-0.1, -0.05) is 35.9 Å². The highest BCUT2D eigenvalue weighted by Gasteiger charge is 2.30. The molecule has 0 amide bonds. The first-order valence-electron chi connectivity index (χ1n) is 9.70. The summed E-state index contributed by atoms with van der Waals surface area (Å²) < 4.78 is 40.3. The fraction of sp³-hybridized carbons (Fsp3) is 0.130. The summed E-state index contributed by atoms with van der Waals surface area (Å²) in [5.74, 6) is 0.357. The number of nitrogens with two attached hydrogens (primary N) is 2. The van der Waals surface area contributed by atoms with Crippen LogP contribution in [-0.4, -0.2) is 21.3 Å². The van der Waals surface area contributed by atoms with Crippen molar-refractivity contribution in [1.29, 1.82) is 0 Å². The molecule has 0 saturated carbocycles. The number of aromatic nitrogens is 3. The highest BCUT2D eigenvalue weighted by atomic mass is 35.5. The molecular formula is C23H19ClF3N5. The second-order valence-electron chi connectivity index (χ2n) is 7.21. The van der Waals surface area contributed by atoms with Gasteiger partial charge in [-0.15, -0.1) is 0 Å². The molecule has 0 spiro atoms. The quantitative estimate of drug-likeness (QED) is 0.419. The number of rotatable bonds is 5. The van der Waals surface area contributed by atoms with Gasteiger partial charge in [0.2, 0.25) is 0 Å². The van der Waals surface area contributed by atoms with Crippen LogP contribution in [0.1, 0.15) is 17.2 Å². The maximum absolute atomic E-state index is 12.9. The van der Waals surface area contributed by atoms with E-state index in [1.807, 2.05) is 18.2 Å². The summed E-state index contributed by atoms with van der Waals surface area (Å²) in [6.45, 7) is 0.162. The van der Waals surface area contributed by atoms with Crippen molar-refractivity contribution in [2.24, 2.45) is 5.73 Å². The van der Waals surface area contributed by atoms with Gasteiger partial charge in [-0.2, -0.15) is 18.3 Å². The van der Waals surface area contributed by atoms with Crippen LogP contribution in [0.5, 0.6) is 0 Å². The van der Waals surface area contributed by atoms with Gasteiger partial charge in [-0.05, 0) is 47.0 Å². The van der Waals surface area contributed by atoms with E-state index in [-0.39, 0.29) is 6.54 Å². The van der Waals surface area contributed by atoms with Crippen molar-refractivity contribution in [2.75, 3.05) is 12.3 Å². The highest BCUT2D eigenvalue weighted by molar-refractivity contribution is 6.30. The summed E-state index contributed by atoms with van der Waals surface area (Å²) in [4.78, 5) is 4.20. The highest BCUT2D eigenvalue weighted by Crippen LogP contribution is 2.36.